The number of hydrogen-bond acceptors (Lipinski definition) is 4. The lowest BCUT2D eigenvalue weighted by molar-refractivity contribution is 0.549. The van der Waals surface area contributed by atoms with Crippen molar-refractivity contribution >= 4 is 27.5 Å². The van der Waals surface area contributed by atoms with Gasteiger partial charge >= 0.3 is 0 Å². The predicted molar refractivity (Wildman–Crippen MR) is 88.3 cm³/mol. The van der Waals surface area contributed by atoms with Crippen LogP contribution < -0.4 is 5.32 Å². The monoisotopic (exact) mass is 353 g/mol. The summed E-state index contributed by atoms with van der Waals surface area (Å²) in [5, 5.41) is 7.86. The van der Waals surface area contributed by atoms with Crippen LogP contribution in [0.5, 0.6) is 0 Å². The highest BCUT2D eigenvalue weighted by Crippen LogP contribution is 2.28. The standard InChI is InChI=1S/C15H20BrN3S/c1-4-17-13(9-11-5-7-12(16)8-6-11)15-14(10(2)3)18-19-20-15/h5-8,10,13,17H,4,9H2,1-3H3. The third kappa shape index (κ3) is 3.87. The zero-order valence-electron chi connectivity index (χ0n) is 12.1. The Morgan fingerprint density at radius 3 is 2.55 bits per heavy atom. The molecular formula is C15H20BrN3S. The third-order valence-electron chi connectivity index (χ3n) is 3.21. The molecule has 108 valence electrons. The fourth-order valence-corrected chi connectivity index (χ4v) is 3.35. The molecule has 0 spiro atoms. The SMILES string of the molecule is CCNC(Cc1ccc(Br)cc1)c1snnc1C(C)C. The molecule has 0 amide bonds. The van der Waals surface area contributed by atoms with Crippen LogP contribution in [0.15, 0.2) is 28.7 Å². The Bertz CT molecular complexity index is 536. The fraction of sp³-hybridized carbons (Fsp3) is 0.467. The first-order chi connectivity index (χ1) is 9.61. The molecular weight excluding hydrogens is 334 g/mol. The summed E-state index contributed by atoms with van der Waals surface area (Å²) in [6.07, 6.45) is 0.963. The average molecular weight is 354 g/mol. The maximum atomic E-state index is 4.30. The van der Waals surface area contributed by atoms with E-state index in [-0.39, 0.29) is 0 Å². The molecule has 1 atom stereocenters. The van der Waals surface area contributed by atoms with Crippen molar-refractivity contribution in [3.05, 3.63) is 44.9 Å². The van der Waals surface area contributed by atoms with E-state index in [0.717, 1.165) is 23.1 Å². The number of likely N-dealkylation sites (N-methyl/N-ethyl adjacent to an activating group) is 1. The van der Waals surface area contributed by atoms with Gasteiger partial charge in [0.1, 0.15) is 0 Å². The molecule has 0 saturated carbocycles. The molecule has 0 radical (unpaired) electrons. The summed E-state index contributed by atoms with van der Waals surface area (Å²) in [7, 11) is 0. The van der Waals surface area contributed by atoms with Gasteiger partial charge in [0.05, 0.1) is 10.6 Å². The molecule has 2 aromatic rings. The van der Waals surface area contributed by atoms with Crippen molar-refractivity contribution in [1.29, 1.82) is 0 Å². The molecule has 0 aliphatic rings. The topological polar surface area (TPSA) is 37.8 Å². The lowest BCUT2D eigenvalue weighted by Gasteiger charge is -2.18. The Hall–Kier alpha value is -0.780. The predicted octanol–water partition coefficient (Wildman–Crippen LogP) is 4.32. The van der Waals surface area contributed by atoms with Gasteiger partial charge in [-0.2, -0.15) is 0 Å². The van der Waals surface area contributed by atoms with Crippen LogP contribution in [-0.2, 0) is 6.42 Å². The summed E-state index contributed by atoms with van der Waals surface area (Å²) in [4.78, 5) is 1.27. The zero-order chi connectivity index (χ0) is 14.5. The third-order valence-corrected chi connectivity index (χ3v) is 4.59. The molecule has 0 saturated heterocycles. The quantitative estimate of drug-likeness (QED) is 0.840. The van der Waals surface area contributed by atoms with Crippen LogP contribution in [0.3, 0.4) is 0 Å². The zero-order valence-corrected chi connectivity index (χ0v) is 14.5. The van der Waals surface area contributed by atoms with E-state index in [1.165, 1.54) is 22.0 Å². The Balaban J connectivity index is 2.22. The second-order valence-electron chi connectivity index (χ2n) is 5.12. The van der Waals surface area contributed by atoms with Gasteiger partial charge in [-0.05, 0) is 48.1 Å². The lowest BCUT2D eigenvalue weighted by atomic mass is 10.00. The number of aromatic nitrogens is 2. The van der Waals surface area contributed by atoms with Crippen LogP contribution in [-0.4, -0.2) is 16.1 Å². The van der Waals surface area contributed by atoms with Crippen LogP contribution in [0.25, 0.3) is 0 Å². The summed E-state index contributed by atoms with van der Waals surface area (Å²) in [5.74, 6) is 0.412. The van der Waals surface area contributed by atoms with E-state index >= 15 is 0 Å². The first-order valence-corrected chi connectivity index (χ1v) is 8.48. The van der Waals surface area contributed by atoms with Crippen LogP contribution in [0.2, 0.25) is 0 Å². The normalized spacial score (nSPS) is 12.8. The second kappa shape index (κ2) is 7.29. The molecule has 1 N–H and O–H groups in total. The van der Waals surface area contributed by atoms with E-state index in [0.29, 0.717) is 12.0 Å². The van der Waals surface area contributed by atoms with Gasteiger partial charge in [-0.25, -0.2) is 0 Å². The van der Waals surface area contributed by atoms with E-state index in [9.17, 15) is 0 Å². The van der Waals surface area contributed by atoms with E-state index in [2.05, 4.69) is 75.9 Å². The van der Waals surface area contributed by atoms with E-state index in [4.69, 9.17) is 0 Å². The van der Waals surface area contributed by atoms with Gasteiger partial charge < -0.3 is 5.32 Å². The fourth-order valence-electron chi connectivity index (χ4n) is 2.21. The van der Waals surface area contributed by atoms with Gasteiger partial charge in [0.25, 0.3) is 0 Å². The maximum Gasteiger partial charge on any atom is 0.0829 e. The molecule has 0 aliphatic heterocycles. The van der Waals surface area contributed by atoms with Gasteiger partial charge in [0, 0.05) is 10.5 Å². The molecule has 5 heteroatoms. The average Bonchev–Trinajstić information content (AvgIpc) is 2.90. The van der Waals surface area contributed by atoms with Crippen LogP contribution in [0.1, 0.15) is 48.9 Å². The molecule has 0 aliphatic carbocycles. The highest BCUT2D eigenvalue weighted by Gasteiger charge is 2.20. The van der Waals surface area contributed by atoms with E-state index in [1.807, 2.05) is 0 Å². The van der Waals surface area contributed by atoms with Crippen molar-refractivity contribution in [3.8, 4) is 0 Å². The van der Waals surface area contributed by atoms with Crippen molar-refractivity contribution in [2.45, 2.75) is 39.2 Å². The number of rotatable bonds is 6. The van der Waals surface area contributed by atoms with Crippen molar-refractivity contribution in [3.63, 3.8) is 0 Å². The molecule has 2 rings (SSSR count). The van der Waals surface area contributed by atoms with E-state index in [1.54, 1.807) is 0 Å². The summed E-state index contributed by atoms with van der Waals surface area (Å²) in [6, 6.07) is 8.80. The van der Waals surface area contributed by atoms with Crippen LogP contribution in [0.4, 0.5) is 0 Å². The molecule has 1 aromatic carbocycles. The molecule has 0 fully saturated rings. The summed E-state index contributed by atoms with van der Waals surface area (Å²) >= 11 is 4.99. The first kappa shape index (κ1) is 15.6. The maximum absolute atomic E-state index is 4.30. The Kier molecular flexibility index (Phi) is 5.69. The lowest BCUT2D eigenvalue weighted by Crippen LogP contribution is -2.23. The minimum atomic E-state index is 0.290. The highest BCUT2D eigenvalue weighted by atomic mass is 79.9. The van der Waals surface area contributed by atoms with Crippen molar-refractivity contribution in [2.75, 3.05) is 6.54 Å². The minimum Gasteiger partial charge on any atom is -0.309 e. The molecule has 0 bridgehead atoms. The van der Waals surface area contributed by atoms with Gasteiger partial charge in [-0.15, -0.1) is 5.10 Å². The van der Waals surface area contributed by atoms with E-state index < -0.39 is 0 Å². The minimum absolute atomic E-state index is 0.290. The molecule has 1 aromatic heterocycles. The number of halogens is 1. The molecule has 1 unspecified atom stereocenters. The highest BCUT2D eigenvalue weighted by molar-refractivity contribution is 9.10. The van der Waals surface area contributed by atoms with Gasteiger partial charge in [-0.3, -0.25) is 0 Å². The Morgan fingerprint density at radius 2 is 1.95 bits per heavy atom. The van der Waals surface area contributed by atoms with Gasteiger partial charge in [-0.1, -0.05) is 53.3 Å². The molecule has 3 nitrogen and oxygen atoms in total. The summed E-state index contributed by atoms with van der Waals surface area (Å²) < 4.78 is 5.26. The summed E-state index contributed by atoms with van der Waals surface area (Å²) in [5.41, 5.74) is 2.44. The van der Waals surface area contributed by atoms with Crippen molar-refractivity contribution in [2.24, 2.45) is 0 Å². The van der Waals surface area contributed by atoms with Crippen molar-refractivity contribution < 1.29 is 0 Å². The number of hydrogen-bond donors (Lipinski definition) is 1. The van der Waals surface area contributed by atoms with Gasteiger partial charge in [0.15, 0.2) is 0 Å². The summed E-state index contributed by atoms with van der Waals surface area (Å²) in [6.45, 7) is 7.42. The largest absolute Gasteiger partial charge is 0.309 e. The Labute approximate surface area is 133 Å². The number of nitrogens with zero attached hydrogens (tertiary/aromatic N) is 2. The van der Waals surface area contributed by atoms with Crippen LogP contribution >= 0.6 is 27.5 Å². The van der Waals surface area contributed by atoms with Gasteiger partial charge in [0.2, 0.25) is 0 Å². The molecule has 20 heavy (non-hydrogen) atoms. The van der Waals surface area contributed by atoms with Crippen molar-refractivity contribution in [1.82, 2.24) is 14.9 Å². The number of nitrogens with one attached hydrogen (secondary N) is 1. The van der Waals surface area contributed by atoms with Crippen LogP contribution in [0, 0.1) is 0 Å². The second-order valence-corrected chi connectivity index (χ2v) is 6.82. The smallest absolute Gasteiger partial charge is 0.0829 e. The Morgan fingerprint density at radius 1 is 1.25 bits per heavy atom. The molecule has 1 heterocycles. The number of benzene rings is 1. The first-order valence-electron chi connectivity index (χ1n) is 6.91.